The normalized spacial score (nSPS) is 10.3. The summed E-state index contributed by atoms with van der Waals surface area (Å²) in [6, 6.07) is 12.2. The van der Waals surface area contributed by atoms with Crippen LogP contribution in [0, 0.1) is 10.1 Å². The number of rotatable bonds is 5. The van der Waals surface area contributed by atoms with Gasteiger partial charge in [0.05, 0.1) is 4.92 Å². The van der Waals surface area contributed by atoms with Crippen LogP contribution in [0.3, 0.4) is 0 Å². The van der Waals surface area contributed by atoms with E-state index in [2.05, 4.69) is 0 Å². The Morgan fingerprint density at radius 2 is 2.00 bits per heavy atom. The van der Waals surface area contributed by atoms with E-state index < -0.39 is 4.92 Å². The molecule has 104 valence electrons. The summed E-state index contributed by atoms with van der Waals surface area (Å²) in [6.45, 7) is 2.35. The van der Waals surface area contributed by atoms with E-state index in [4.69, 9.17) is 10.5 Å². The van der Waals surface area contributed by atoms with E-state index >= 15 is 0 Å². The zero-order valence-corrected chi connectivity index (χ0v) is 11.2. The molecular weight excluding hydrogens is 256 g/mol. The lowest BCUT2D eigenvalue weighted by molar-refractivity contribution is -0.385. The van der Waals surface area contributed by atoms with Crippen molar-refractivity contribution in [3.8, 4) is 11.5 Å². The van der Waals surface area contributed by atoms with Gasteiger partial charge in [-0.05, 0) is 35.7 Å². The van der Waals surface area contributed by atoms with Gasteiger partial charge in [0.2, 0.25) is 5.75 Å². The highest BCUT2D eigenvalue weighted by atomic mass is 16.6. The second-order valence-electron chi connectivity index (χ2n) is 4.37. The Hall–Kier alpha value is -2.40. The Morgan fingerprint density at radius 3 is 2.65 bits per heavy atom. The summed E-state index contributed by atoms with van der Waals surface area (Å²) < 4.78 is 5.62. The summed E-state index contributed by atoms with van der Waals surface area (Å²) in [5.41, 5.74) is 7.35. The van der Waals surface area contributed by atoms with Gasteiger partial charge in [-0.2, -0.15) is 0 Å². The third-order valence-corrected chi connectivity index (χ3v) is 2.99. The molecule has 5 nitrogen and oxygen atoms in total. The van der Waals surface area contributed by atoms with Gasteiger partial charge in [-0.3, -0.25) is 10.1 Å². The molecule has 0 saturated heterocycles. The Bertz CT molecular complexity index is 626. The van der Waals surface area contributed by atoms with Gasteiger partial charge >= 0.3 is 5.69 Å². The lowest BCUT2D eigenvalue weighted by atomic mass is 10.1. The quantitative estimate of drug-likeness (QED) is 0.668. The van der Waals surface area contributed by atoms with Gasteiger partial charge < -0.3 is 10.5 Å². The first-order valence-corrected chi connectivity index (χ1v) is 6.38. The van der Waals surface area contributed by atoms with Crippen molar-refractivity contribution in [2.45, 2.75) is 19.9 Å². The molecule has 5 heteroatoms. The molecule has 2 aromatic carbocycles. The minimum absolute atomic E-state index is 0.0255. The van der Waals surface area contributed by atoms with Crippen LogP contribution in [0.2, 0.25) is 0 Å². The molecule has 0 aliphatic carbocycles. The Balaban J connectivity index is 2.34. The molecule has 2 N–H and O–H groups in total. The molecule has 0 amide bonds. The number of aryl methyl sites for hydroxylation is 1. The van der Waals surface area contributed by atoms with Crippen LogP contribution >= 0.6 is 0 Å². The number of benzene rings is 2. The van der Waals surface area contributed by atoms with Gasteiger partial charge in [0.25, 0.3) is 0 Å². The van der Waals surface area contributed by atoms with E-state index in [1.165, 1.54) is 0 Å². The lowest BCUT2D eigenvalue weighted by Crippen LogP contribution is -1.97. The van der Waals surface area contributed by atoms with Crippen molar-refractivity contribution in [2.24, 2.45) is 5.73 Å². The van der Waals surface area contributed by atoms with Crippen molar-refractivity contribution >= 4 is 5.69 Å². The average Bonchev–Trinajstić information content (AvgIpc) is 2.47. The van der Waals surface area contributed by atoms with Crippen molar-refractivity contribution < 1.29 is 9.66 Å². The van der Waals surface area contributed by atoms with Crippen LogP contribution in [-0.4, -0.2) is 4.92 Å². The van der Waals surface area contributed by atoms with Gasteiger partial charge in [0.15, 0.2) is 0 Å². The number of nitro benzene ring substituents is 1. The average molecular weight is 272 g/mol. The van der Waals surface area contributed by atoms with Crippen LogP contribution in [-0.2, 0) is 13.0 Å². The van der Waals surface area contributed by atoms with Crippen molar-refractivity contribution in [1.82, 2.24) is 0 Å². The molecule has 0 aliphatic heterocycles. The summed E-state index contributed by atoms with van der Waals surface area (Å²) in [5, 5.41) is 11.1. The number of hydrogen-bond acceptors (Lipinski definition) is 4. The van der Waals surface area contributed by atoms with Crippen LogP contribution in [0.4, 0.5) is 5.69 Å². The zero-order chi connectivity index (χ0) is 14.5. The second-order valence-corrected chi connectivity index (χ2v) is 4.37. The maximum absolute atomic E-state index is 11.1. The maximum atomic E-state index is 11.1. The number of nitrogens with zero attached hydrogens (tertiary/aromatic N) is 1. The number of nitro groups is 1. The van der Waals surface area contributed by atoms with Gasteiger partial charge in [-0.15, -0.1) is 0 Å². The van der Waals surface area contributed by atoms with Gasteiger partial charge in [-0.25, -0.2) is 0 Å². The molecule has 0 heterocycles. The number of ether oxygens (including phenoxy) is 1. The van der Waals surface area contributed by atoms with Crippen molar-refractivity contribution in [3.63, 3.8) is 0 Å². The van der Waals surface area contributed by atoms with E-state index in [1.807, 2.05) is 25.1 Å². The molecule has 0 radical (unpaired) electrons. The maximum Gasteiger partial charge on any atom is 0.311 e. The van der Waals surface area contributed by atoms with E-state index in [-0.39, 0.29) is 11.4 Å². The summed E-state index contributed by atoms with van der Waals surface area (Å²) >= 11 is 0. The lowest BCUT2D eigenvalue weighted by Gasteiger charge is -2.08. The molecule has 0 spiro atoms. The van der Waals surface area contributed by atoms with Gasteiger partial charge in [0, 0.05) is 12.6 Å². The van der Waals surface area contributed by atoms with Crippen molar-refractivity contribution in [1.29, 1.82) is 0 Å². The summed E-state index contributed by atoms with van der Waals surface area (Å²) in [6.07, 6.45) is 0.740. The zero-order valence-electron chi connectivity index (χ0n) is 11.2. The van der Waals surface area contributed by atoms with Gasteiger partial charge in [0.1, 0.15) is 5.75 Å². The molecule has 0 bridgehead atoms. The summed E-state index contributed by atoms with van der Waals surface area (Å²) in [4.78, 5) is 10.7. The topological polar surface area (TPSA) is 78.4 Å². The first kappa shape index (κ1) is 14.0. The largest absolute Gasteiger partial charge is 0.450 e. The highest BCUT2D eigenvalue weighted by Crippen LogP contribution is 2.32. The second kappa shape index (κ2) is 6.16. The van der Waals surface area contributed by atoms with Gasteiger partial charge in [-0.1, -0.05) is 25.1 Å². The van der Waals surface area contributed by atoms with Crippen molar-refractivity contribution in [2.75, 3.05) is 0 Å². The minimum Gasteiger partial charge on any atom is -0.450 e. The number of nitrogens with two attached hydrogens (primary N) is 1. The van der Waals surface area contributed by atoms with E-state index in [9.17, 15) is 10.1 Å². The highest BCUT2D eigenvalue weighted by Gasteiger charge is 2.16. The third kappa shape index (κ3) is 3.13. The molecule has 2 rings (SSSR count). The fraction of sp³-hybridized carbons (Fsp3) is 0.200. The molecule has 0 saturated carbocycles. The first-order valence-electron chi connectivity index (χ1n) is 6.38. The van der Waals surface area contributed by atoms with Crippen molar-refractivity contribution in [3.05, 3.63) is 63.7 Å². The highest BCUT2D eigenvalue weighted by molar-refractivity contribution is 5.50. The minimum atomic E-state index is -0.429. The van der Waals surface area contributed by atoms with E-state index in [0.29, 0.717) is 12.3 Å². The molecule has 0 unspecified atom stereocenters. The standard InChI is InChI=1S/C15H16N2O3/c1-2-11-6-7-15(14(9-11)17(18)19)20-13-5-3-4-12(8-13)10-16/h3-9H,2,10,16H2,1H3. The number of hydrogen-bond donors (Lipinski definition) is 1. The molecule has 20 heavy (non-hydrogen) atoms. The fourth-order valence-electron chi connectivity index (χ4n) is 1.87. The van der Waals surface area contributed by atoms with E-state index in [1.54, 1.807) is 24.3 Å². The molecule has 0 aliphatic rings. The predicted octanol–water partition coefficient (Wildman–Crippen LogP) is 3.41. The molecule has 0 aromatic heterocycles. The monoisotopic (exact) mass is 272 g/mol. The summed E-state index contributed by atoms with van der Waals surface area (Å²) in [5.74, 6) is 0.779. The predicted molar refractivity (Wildman–Crippen MR) is 76.9 cm³/mol. The smallest absolute Gasteiger partial charge is 0.311 e. The first-order chi connectivity index (χ1) is 9.63. The SMILES string of the molecule is CCc1ccc(Oc2cccc(CN)c2)c([N+](=O)[O-])c1. The Morgan fingerprint density at radius 1 is 1.20 bits per heavy atom. The molecule has 0 atom stereocenters. The van der Waals surface area contributed by atoms with Crippen LogP contribution < -0.4 is 10.5 Å². The molecule has 0 fully saturated rings. The molecule has 2 aromatic rings. The Labute approximate surface area is 117 Å². The summed E-state index contributed by atoms with van der Waals surface area (Å²) in [7, 11) is 0. The van der Waals surface area contributed by atoms with Crippen LogP contribution in [0.25, 0.3) is 0 Å². The van der Waals surface area contributed by atoms with Crippen LogP contribution in [0.5, 0.6) is 11.5 Å². The Kier molecular flexibility index (Phi) is 4.32. The van der Waals surface area contributed by atoms with Crippen LogP contribution in [0.1, 0.15) is 18.1 Å². The third-order valence-electron chi connectivity index (χ3n) is 2.99. The van der Waals surface area contributed by atoms with Crippen LogP contribution in [0.15, 0.2) is 42.5 Å². The fourth-order valence-corrected chi connectivity index (χ4v) is 1.87. The van der Waals surface area contributed by atoms with E-state index in [0.717, 1.165) is 17.5 Å². The molecular formula is C15H16N2O3.